The maximum atomic E-state index is 13.1. The Bertz CT molecular complexity index is 425. The van der Waals surface area contributed by atoms with Crippen molar-refractivity contribution >= 4 is 15.9 Å². The summed E-state index contributed by atoms with van der Waals surface area (Å²) in [6, 6.07) is 6.07. The monoisotopic (exact) mass is 328 g/mol. The Morgan fingerprint density at radius 3 is 2.95 bits per heavy atom. The first kappa shape index (κ1) is 14.9. The first-order chi connectivity index (χ1) is 9.10. The molecular weight excluding hydrogens is 307 g/mol. The summed E-state index contributed by atoms with van der Waals surface area (Å²) in [6.45, 7) is 7.44. The summed E-state index contributed by atoms with van der Waals surface area (Å²) < 4.78 is 14.0. The third-order valence-electron chi connectivity index (χ3n) is 3.81. The molecule has 4 heteroatoms. The quantitative estimate of drug-likeness (QED) is 0.909. The molecule has 2 rings (SSSR count). The van der Waals surface area contributed by atoms with Crippen LogP contribution >= 0.6 is 15.9 Å². The van der Waals surface area contributed by atoms with Gasteiger partial charge in [0.2, 0.25) is 0 Å². The normalized spacial score (nSPS) is 24.6. The molecule has 0 spiro atoms. The van der Waals surface area contributed by atoms with Crippen LogP contribution < -0.4 is 5.32 Å². The molecule has 0 aromatic heterocycles. The molecule has 2 nitrogen and oxygen atoms in total. The lowest BCUT2D eigenvalue weighted by molar-refractivity contribution is 0.129. The highest BCUT2D eigenvalue weighted by Gasteiger charge is 2.24. The summed E-state index contributed by atoms with van der Waals surface area (Å²) >= 11 is 3.46. The fraction of sp³-hybridized carbons (Fsp3) is 0.600. The van der Waals surface area contributed by atoms with E-state index in [0.717, 1.165) is 29.7 Å². The second-order valence-electron chi connectivity index (χ2n) is 5.41. The lowest BCUT2D eigenvalue weighted by atomic mass is 10.0. The molecule has 0 aliphatic carbocycles. The van der Waals surface area contributed by atoms with Gasteiger partial charge in [0.15, 0.2) is 0 Å². The van der Waals surface area contributed by atoms with Crippen molar-refractivity contribution < 1.29 is 4.39 Å². The summed E-state index contributed by atoms with van der Waals surface area (Å²) in [5, 5.41) is 3.60. The number of nitrogens with zero attached hydrogens (tertiary/aromatic N) is 1. The highest BCUT2D eigenvalue weighted by molar-refractivity contribution is 9.10. The van der Waals surface area contributed by atoms with E-state index in [2.05, 4.69) is 40.0 Å². The van der Waals surface area contributed by atoms with Gasteiger partial charge >= 0.3 is 0 Å². The van der Waals surface area contributed by atoms with Crippen molar-refractivity contribution in [3.63, 3.8) is 0 Å². The Hall–Kier alpha value is -0.450. The van der Waals surface area contributed by atoms with Crippen LogP contribution in [0.1, 0.15) is 32.3 Å². The minimum Gasteiger partial charge on any atom is -0.311 e. The van der Waals surface area contributed by atoms with Crippen LogP contribution in [0.4, 0.5) is 4.39 Å². The van der Waals surface area contributed by atoms with Crippen molar-refractivity contribution in [2.24, 2.45) is 0 Å². The van der Waals surface area contributed by atoms with E-state index >= 15 is 0 Å². The predicted molar refractivity (Wildman–Crippen MR) is 80.7 cm³/mol. The second kappa shape index (κ2) is 6.82. The van der Waals surface area contributed by atoms with Gasteiger partial charge < -0.3 is 5.32 Å². The molecule has 1 aliphatic heterocycles. The van der Waals surface area contributed by atoms with Crippen molar-refractivity contribution in [3.05, 3.63) is 34.1 Å². The molecule has 19 heavy (non-hydrogen) atoms. The molecule has 1 saturated heterocycles. The lowest BCUT2D eigenvalue weighted by Crippen LogP contribution is -2.54. The van der Waals surface area contributed by atoms with Gasteiger partial charge in [-0.2, -0.15) is 0 Å². The van der Waals surface area contributed by atoms with Crippen LogP contribution in [-0.4, -0.2) is 30.1 Å². The van der Waals surface area contributed by atoms with Gasteiger partial charge in [0, 0.05) is 36.2 Å². The van der Waals surface area contributed by atoms with Gasteiger partial charge in [-0.15, -0.1) is 0 Å². The average molecular weight is 329 g/mol. The van der Waals surface area contributed by atoms with Crippen LogP contribution in [0, 0.1) is 5.82 Å². The minimum absolute atomic E-state index is 0.187. The molecule has 1 aromatic rings. The fourth-order valence-corrected chi connectivity index (χ4v) is 3.10. The van der Waals surface area contributed by atoms with E-state index in [0.29, 0.717) is 12.1 Å². The Kier molecular flexibility index (Phi) is 5.37. The molecule has 0 saturated carbocycles. The fourth-order valence-electron chi connectivity index (χ4n) is 2.62. The molecule has 106 valence electrons. The number of hydrogen-bond acceptors (Lipinski definition) is 2. The molecule has 1 aliphatic rings. The smallest absolute Gasteiger partial charge is 0.124 e. The molecule has 2 unspecified atom stereocenters. The maximum Gasteiger partial charge on any atom is 0.124 e. The zero-order valence-electron chi connectivity index (χ0n) is 11.6. The van der Waals surface area contributed by atoms with Crippen LogP contribution in [0.2, 0.25) is 0 Å². The molecule has 0 amide bonds. The molecule has 0 bridgehead atoms. The van der Waals surface area contributed by atoms with E-state index < -0.39 is 0 Å². The van der Waals surface area contributed by atoms with Crippen LogP contribution in [0.25, 0.3) is 0 Å². The van der Waals surface area contributed by atoms with Gasteiger partial charge in [0.25, 0.3) is 0 Å². The van der Waals surface area contributed by atoms with Crippen molar-refractivity contribution in [1.29, 1.82) is 0 Å². The minimum atomic E-state index is -0.187. The van der Waals surface area contributed by atoms with Gasteiger partial charge in [-0.25, -0.2) is 4.39 Å². The van der Waals surface area contributed by atoms with Crippen molar-refractivity contribution in [3.8, 4) is 0 Å². The standard InChI is InChI=1S/C15H22BrFN2/c1-3-4-14-10-19(11(2)8-18-14)9-12-5-6-13(17)7-15(12)16/h5-7,11,14,18H,3-4,8-10H2,1-2H3. The number of piperazine rings is 1. The topological polar surface area (TPSA) is 15.3 Å². The van der Waals surface area contributed by atoms with Crippen molar-refractivity contribution in [2.75, 3.05) is 13.1 Å². The summed E-state index contributed by atoms with van der Waals surface area (Å²) in [5.74, 6) is -0.187. The summed E-state index contributed by atoms with van der Waals surface area (Å²) in [5.41, 5.74) is 1.16. The molecule has 1 aromatic carbocycles. The zero-order valence-corrected chi connectivity index (χ0v) is 13.2. The van der Waals surface area contributed by atoms with Gasteiger partial charge in [0.05, 0.1) is 0 Å². The first-order valence-electron chi connectivity index (χ1n) is 7.01. The summed E-state index contributed by atoms with van der Waals surface area (Å²) in [7, 11) is 0. The molecule has 1 N–H and O–H groups in total. The van der Waals surface area contributed by atoms with E-state index in [1.54, 1.807) is 6.07 Å². The third-order valence-corrected chi connectivity index (χ3v) is 4.54. The Labute approximate surface area is 123 Å². The van der Waals surface area contributed by atoms with E-state index in [-0.39, 0.29) is 5.82 Å². The van der Waals surface area contributed by atoms with E-state index in [1.165, 1.54) is 18.9 Å². The van der Waals surface area contributed by atoms with Gasteiger partial charge in [-0.3, -0.25) is 4.90 Å². The number of rotatable bonds is 4. The lowest BCUT2D eigenvalue weighted by Gasteiger charge is -2.39. The van der Waals surface area contributed by atoms with Crippen LogP contribution in [-0.2, 0) is 6.54 Å². The largest absolute Gasteiger partial charge is 0.311 e. The number of halogens is 2. The summed E-state index contributed by atoms with van der Waals surface area (Å²) in [4.78, 5) is 2.48. The molecule has 1 fully saturated rings. The van der Waals surface area contributed by atoms with E-state index in [4.69, 9.17) is 0 Å². The van der Waals surface area contributed by atoms with Crippen LogP contribution in [0.5, 0.6) is 0 Å². The van der Waals surface area contributed by atoms with Gasteiger partial charge in [0.1, 0.15) is 5.82 Å². The zero-order chi connectivity index (χ0) is 13.8. The van der Waals surface area contributed by atoms with Crippen molar-refractivity contribution in [1.82, 2.24) is 10.2 Å². The van der Waals surface area contributed by atoms with Crippen LogP contribution in [0.3, 0.4) is 0 Å². The SMILES string of the molecule is CCCC1CN(Cc2ccc(F)cc2Br)C(C)CN1. The Morgan fingerprint density at radius 2 is 2.26 bits per heavy atom. The van der Waals surface area contributed by atoms with E-state index in [1.807, 2.05) is 6.07 Å². The van der Waals surface area contributed by atoms with E-state index in [9.17, 15) is 4.39 Å². The van der Waals surface area contributed by atoms with Crippen molar-refractivity contribution in [2.45, 2.75) is 45.3 Å². The van der Waals surface area contributed by atoms with Gasteiger partial charge in [-0.05, 0) is 31.0 Å². The predicted octanol–water partition coefficient (Wildman–Crippen LogP) is 3.55. The summed E-state index contributed by atoms with van der Waals surface area (Å²) in [6.07, 6.45) is 2.42. The second-order valence-corrected chi connectivity index (χ2v) is 6.26. The maximum absolute atomic E-state index is 13.1. The Balaban J connectivity index is 2.03. The molecule has 0 radical (unpaired) electrons. The highest BCUT2D eigenvalue weighted by atomic mass is 79.9. The Morgan fingerprint density at radius 1 is 1.47 bits per heavy atom. The van der Waals surface area contributed by atoms with Crippen LogP contribution in [0.15, 0.2) is 22.7 Å². The molecule has 2 atom stereocenters. The average Bonchev–Trinajstić information content (AvgIpc) is 2.37. The highest BCUT2D eigenvalue weighted by Crippen LogP contribution is 2.22. The number of nitrogens with one attached hydrogen (secondary N) is 1. The van der Waals surface area contributed by atoms with Gasteiger partial charge in [-0.1, -0.05) is 35.3 Å². The first-order valence-corrected chi connectivity index (χ1v) is 7.80. The third kappa shape index (κ3) is 4.01. The number of benzene rings is 1. The molecular formula is C15H22BrFN2. The molecule has 1 heterocycles. The number of hydrogen-bond donors (Lipinski definition) is 1.